The first kappa shape index (κ1) is 16.3. The number of aryl methyl sites for hydroxylation is 1. The fourth-order valence-electron chi connectivity index (χ4n) is 2.11. The largest absolute Gasteiger partial charge is 0.496 e. The molecule has 5 heteroatoms. The third-order valence-electron chi connectivity index (χ3n) is 4.53. The van der Waals surface area contributed by atoms with Crippen molar-refractivity contribution in [1.29, 1.82) is 0 Å². The first-order valence-electron chi connectivity index (χ1n) is 7.65. The number of nitrogens with zero attached hydrogens (tertiary/aromatic N) is 1. The Labute approximate surface area is 128 Å². The predicted octanol–water partition coefficient (Wildman–Crippen LogP) is 2.87. The van der Waals surface area contributed by atoms with E-state index in [1.807, 2.05) is 19.9 Å². The van der Waals surface area contributed by atoms with Crippen molar-refractivity contribution in [1.82, 2.24) is 4.98 Å². The predicted molar refractivity (Wildman–Crippen MR) is 85.1 cm³/mol. The molecule has 0 aliphatic carbocycles. The molecule has 1 aliphatic rings. The minimum Gasteiger partial charge on any atom is -0.475 e. The Morgan fingerprint density at radius 1 is 1.24 bits per heavy atom. The van der Waals surface area contributed by atoms with Crippen LogP contribution < -0.4 is 10.2 Å². The summed E-state index contributed by atoms with van der Waals surface area (Å²) in [5.41, 5.74) is 1.36. The van der Waals surface area contributed by atoms with Crippen molar-refractivity contribution in [2.75, 3.05) is 0 Å². The van der Waals surface area contributed by atoms with Crippen molar-refractivity contribution in [3.8, 4) is 5.88 Å². The van der Waals surface area contributed by atoms with Gasteiger partial charge in [-0.05, 0) is 53.5 Å². The minimum atomic E-state index is -0.375. The number of rotatable bonds is 4. The molecule has 1 aromatic heterocycles. The van der Waals surface area contributed by atoms with Gasteiger partial charge in [-0.2, -0.15) is 0 Å². The van der Waals surface area contributed by atoms with Crippen LogP contribution >= 0.6 is 0 Å². The Morgan fingerprint density at radius 2 is 1.81 bits per heavy atom. The molecular weight excluding hydrogens is 265 g/mol. The molecule has 0 saturated carbocycles. The maximum atomic E-state index is 6.07. The molecule has 2 rings (SSSR count). The zero-order valence-electron chi connectivity index (χ0n) is 14.2. The van der Waals surface area contributed by atoms with Gasteiger partial charge in [0.05, 0.1) is 17.3 Å². The topological polar surface area (TPSA) is 40.6 Å². The number of pyridine rings is 1. The van der Waals surface area contributed by atoms with E-state index in [2.05, 4.69) is 39.6 Å². The lowest BCUT2D eigenvalue weighted by Gasteiger charge is -2.32. The van der Waals surface area contributed by atoms with Gasteiger partial charge in [0.1, 0.15) is 0 Å². The van der Waals surface area contributed by atoms with Gasteiger partial charge in [0, 0.05) is 17.7 Å². The molecule has 116 valence electrons. The summed E-state index contributed by atoms with van der Waals surface area (Å²) in [6, 6.07) is 1.95. The van der Waals surface area contributed by atoms with Gasteiger partial charge in [0.15, 0.2) is 0 Å². The molecule has 1 aliphatic heterocycles. The fourth-order valence-corrected chi connectivity index (χ4v) is 2.11. The van der Waals surface area contributed by atoms with E-state index in [4.69, 9.17) is 14.0 Å². The summed E-state index contributed by atoms with van der Waals surface area (Å²) in [5.74, 6) is 0.655. The van der Waals surface area contributed by atoms with Gasteiger partial charge in [-0.1, -0.05) is 6.92 Å². The van der Waals surface area contributed by atoms with Crippen LogP contribution in [0.5, 0.6) is 5.88 Å². The zero-order chi connectivity index (χ0) is 15.8. The molecule has 1 aromatic rings. The number of aromatic nitrogens is 1. The number of hydrogen-bond donors (Lipinski definition) is 0. The first-order chi connectivity index (χ1) is 9.66. The molecule has 1 atom stereocenters. The van der Waals surface area contributed by atoms with E-state index >= 15 is 0 Å². The highest BCUT2D eigenvalue weighted by molar-refractivity contribution is 6.62. The molecule has 0 bridgehead atoms. The van der Waals surface area contributed by atoms with Gasteiger partial charge in [0.2, 0.25) is 5.88 Å². The SMILES string of the molecule is CC[C@H](C)Oc1cc(C)c(B2OC(C)(C)C(C)(C)O2)cn1. The van der Waals surface area contributed by atoms with Crippen molar-refractivity contribution in [3.05, 3.63) is 17.8 Å². The Balaban J connectivity index is 2.19. The maximum Gasteiger partial charge on any atom is 0.496 e. The molecule has 2 heterocycles. The number of ether oxygens (including phenoxy) is 1. The lowest BCUT2D eigenvalue weighted by Crippen LogP contribution is -2.41. The molecule has 4 nitrogen and oxygen atoms in total. The molecular formula is C16H26BNO3. The second kappa shape index (κ2) is 5.62. The fraction of sp³-hybridized carbons (Fsp3) is 0.688. The lowest BCUT2D eigenvalue weighted by molar-refractivity contribution is 0.00578. The molecule has 1 saturated heterocycles. The Kier molecular flexibility index (Phi) is 4.36. The van der Waals surface area contributed by atoms with Crippen molar-refractivity contribution < 1.29 is 14.0 Å². The summed E-state index contributed by atoms with van der Waals surface area (Å²) in [7, 11) is -0.375. The molecule has 0 unspecified atom stereocenters. The van der Waals surface area contributed by atoms with Crippen LogP contribution in [0.2, 0.25) is 0 Å². The van der Waals surface area contributed by atoms with E-state index in [1.54, 1.807) is 6.20 Å². The van der Waals surface area contributed by atoms with E-state index in [9.17, 15) is 0 Å². The summed E-state index contributed by atoms with van der Waals surface area (Å²) < 4.78 is 17.9. The highest BCUT2D eigenvalue weighted by Crippen LogP contribution is 2.36. The van der Waals surface area contributed by atoms with Crippen molar-refractivity contribution in [3.63, 3.8) is 0 Å². The molecule has 1 fully saturated rings. The van der Waals surface area contributed by atoms with E-state index in [1.165, 1.54) is 0 Å². The zero-order valence-corrected chi connectivity index (χ0v) is 14.2. The van der Waals surface area contributed by atoms with Crippen LogP contribution in [0.25, 0.3) is 0 Å². The third-order valence-corrected chi connectivity index (χ3v) is 4.53. The van der Waals surface area contributed by atoms with Gasteiger partial charge in [0.25, 0.3) is 0 Å². The van der Waals surface area contributed by atoms with Crippen LogP contribution in [-0.2, 0) is 9.31 Å². The molecule has 0 spiro atoms. The Bertz CT molecular complexity index is 500. The highest BCUT2D eigenvalue weighted by atomic mass is 16.7. The van der Waals surface area contributed by atoms with Crippen LogP contribution in [0, 0.1) is 6.92 Å². The van der Waals surface area contributed by atoms with Crippen molar-refractivity contribution >= 4 is 12.6 Å². The van der Waals surface area contributed by atoms with Gasteiger partial charge in [-0.15, -0.1) is 0 Å². The van der Waals surface area contributed by atoms with Crippen LogP contribution in [0.4, 0.5) is 0 Å². The van der Waals surface area contributed by atoms with Crippen LogP contribution in [-0.4, -0.2) is 29.4 Å². The average Bonchev–Trinajstić information content (AvgIpc) is 2.58. The van der Waals surface area contributed by atoms with Crippen LogP contribution in [0.15, 0.2) is 12.3 Å². The monoisotopic (exact) mass is 291 g/mol. The van der Waals surface area contributed by atoms with Crippen LogP contribution in [0.3, 0.4) is 0 Å². The van der Waals surface area contributed by atoms with Gasteiger partial charge in [-0.3, -0.25) is 0 Å². The summed E-state index contributed by atoms with van der Waals surface area (Å²) in [5, 5.41) is 0. The molecule has 21 heavy (non-hydrogen) atoms. The van der Waals surface area contributed by atoms with E-state index < -0.39 is 0 Å². The summed E-state index contributed by atoms with van der Waals surface area (Å²) in [6.45, 7) is 14.4. The smallest absolute Gasteiger partial charge is 0.475 e. The maximum absolute atomic E-state index is 6.07. The van der Waals surface area contributed by atoms with Gasteiger partial charge >= 0.3 is 7.12 Å². The second-order valence-corrected chi connectivity index (χ2v) is 6.80. The minimum absolute atomic E-state index is 0.166. The highest BCUT2D eigenvalue weighted by Gasteiger charge is 2.52. The normalized spacial score (nSPS) is 21.4. The molecule has 0 N–H and O–H groups in total. The van der Waals surface area contributed by atoms with E-state index in [-0.39, 0.29) is 24.4 Å². The quantitative estimate of drug-likeness (QED) is 0.800. The van der Waals surface area contributed by atoms with Crippen molar-refractivity contribution in [2.45, 2.75) is 72.2 Å². The summed E-state index contributed by atoms with van der Waals surface area (Å²) in [6.07, 6.45) is 2.93. The molecule has 0 amide bonds. The first-order valence-corrected chi connectivity index (χ1v) is 7.65. The van der Waals surface area contributed by atoms with Crippen molar-refractivity contribution in [2.24, 2.45) is 0 Å². The Morgan fingerprint density at radius 3 is 2.29 bits per heavy atom. The van der Waals surface area contributed by atoms with E-state index in [0.717, 1.165) is 17.4 Å². The second-order valence-electron chi connectivity index (χ2n) is 6.80. The van der Waals surface area contributed by atoms with E-state index in [0.29, 0.717) is 5.88 Å². The lowest BCUT2D eigenvalue weighted by atomic mass is 9.77. The number of hydrogen-bond acceptors (Lipinski definition) is 4. The summed E-state index contributed by atoms with van der Waals surface area (Å²) >= 11 is 0. The third kappa shape index (κ3) is 3.24. The Hall–Kier alpha value is -1.07. The van der Waals surface area contributed by atoms with Gasteiger partial charge < -0.3 is 14.0 Å². The average molecular weight is 291 g/mol. The molecule has 0 radical (unpaired) electrons. The van der Waals surface area contributed by atoms with Gasteiger partial charge in [-0.25, -0.2) is 4.98 Å². The standard InChI is InChI=1S/C16H26BNO3/c1-8-12(3)19-14-9-11(2)13(10-18-14)17-20-15(4,5)16(6,7)21-17/h9-10,12H,8H2,1-7H3/t12-/m0/s1. The van der Waals surface area contributed by atoms with Crippen LogP contribution in [0.1, 0.15) is 53.5 Å². The summed E-state index contributed by atoms with van der Waals surface area (Å²) in [4.78, 5) is 4.39. The molecule has 0 aromatic carbocycles.